The quantitative estimate of drug-likeness (QED) is 0.353. The van der Waals surface area contributed by atoms with Crippen LogP contribution in [0, 0.1) is 6.92 Å². The Morgan fingerprint density at radius 3 is 2.67 bits per heavy atom. The average Bonchev–Trinajstić information content (AvgIpc) is 3.18. The minimum absolute atomic E-state index is 0.124. The van der Waals surface area contributed by atoms with Crippen LogP contribution in [0.1, 0.15) is 21.5 Å². The molecule has 30 heavy (non-hydrogen) atoms. The number of aryl methyl sites for hydroxylation is 1. The number of amides is 1. The molecule has 3 aromatic rings. The van der Waals surface area contributed by atoms with E-state index in [0.717, 1.165) is 28.2 Å². The first kappa shape index (κ1) is 22.7. The summed E-state index contributed by atoms with van der Waals surface area (Å²) in [7, 11) is -3.78. The van der Waals surface area contributed by atoms with Crippen LogP contribution < -0.4 is 10.0 Å². The summed E-state index contributed by atoms with van der Waals surface area (Å²) in [5.74, 6) is 0.982. The van der Waals surface area contributed by atoms with Crippen molar-refractivity contribution in [1.82, 2.24) is 14.9 Å². The summed E-state index contributed by atoms with van der Waals surface area (Å²) in [5, 5.41) is 10.8. The van der Waals surface area contributed by atoms with E-state index in [1.165, 1.54) is 0 Å². The Balaban J connectivity index is 1.48. The molecule has 0 fully saturated rings. The Morgan fingerprint density at radius 2 is 1.93 bits per heavy atom. The summed E-state index contributed by atoms with van der Waals surface area (Å²) in [5.41, 5.74) is 2.53. The molecular formula is C19H19ClN4O3S3. The van der Waals surface area contributed by atoms with Gasteiger partial charge < -0.3 is 0 Å². The van der Waals surface area contributed by atoms with Crippen molar-refractivity contribution in [3.63, 3.8) is 0 Å². The summed E-state index contributed by atoms with van der Waals surface area (Å²) < 4.78 is 27.1. The van der Waals surface area contributed by atoms with Gasteiger partial charge in [-0.3, -0.25) is 10.1 Å². The molecule has 3 rings (SSSR count). The highest BCUT2D eigenvalue weighted by atomic mass is 35.5. The Labute approximate surface area is 188 Å². The predicted octanol–water partition coefficient (Wildman–Crippen LogP) is 3.96. The first-order chi connectivity index (χ1) is 14.3. The number of hydrogen-bond acceptors (Lipinski definition) is 7. The first-order valence-electron chi connectivity index (χ1n) is 8.87. The Morgan fingerprint density at radius 1 is 1.17 bits per heavy atom. The molecule has 1 aromatic heterocycles. The van der Waals surface area contributed by atoms with E-state index in [-0.39, 0.29) is 21.9 Å². The molecule has 158 valence electrons. The van der Waals surface area contributed by atoms with Crippen molar-refractivity contribution in [2.75, 3.05) is 17.6 Å². The maximum atomic E-state index is 12.4. The van der Waals surface area contributed by atoms with Gasteiger partial charge in [-0.1, -0.05) is 52.8 Å². The van der Waals surface area contributed by atoms with E-state index in [0.29, 0.717) is 16.3 Å². The highest BCUT2D eigenvalue weighted by Crippen LogP contribution is 2.21. The average molecular weight is 483 g/mol. The highest BCUT2D eigenvalue weighted by Gasteiger charge is 2.20. The summed E-state index contributed by atoms with van der Waals surface area (Å²) in [6, 6.07) is 14.6. The molecule has 1 heterocycles. The van der Waals surface area contributed by atoms with Gasteiger partial charge in [0.25, 0.3) is 15.9 Å². The second kappa shape index (κ2) is 10.4. The smallest absolute Gasteiger partial charge is 0.269 e. The van der Waals surface area contributed by atoms with Crippen LogP contribution in [-0.2, 0) is 15.8 Å². The highest BCUT2D eigenvalue weighted by molar-refractivity contribution is 7.98. The number of rotatable bonds is 9. The van der Waals surface area contributed by atoms with Gasteiger partial charge in [0.05, 0.1) is 0 Å². The third kappa shape index (κ3) is 6.51. The second-order valence-electron chi connectivity index (χ2n) is 6.27. The summed E-state index contributed by atoms with van der Waals surface area (Å²) in [4.78, 5) is 12.3. The maximum absolute atomic E-state index is 12.4. The normalized spacial score (nSPS) is 11.4. The third-order valence-electron chi connectivity index (χ3n) is 3.86. The van der Waals surface area contributed by atoms with Crippen LogP contribution in [-0.4, -0.2) is 36.8 Å². The zero-order valence-corrected chi connectivity index (χ0v) is 19.2. The molecule has 0 atom stereocenters. The SMILES string of the molecule is Cc1cccc(C(=O)Nc2nnc(S(=O)(=O)NCCSCc3ccc(Cl)cc3)s2)c1. The van der Waals surface area contributed by atoms with E-state index in [4.69, 9.17) is 11.6 Å². The number of halogens is 1. The second-order valence-corrected chi connectivity index (χ2v) is 10.7. The number of aromatic nitrogens is 2. The number of carbonyl (C=O) groups excluding carboxylic acids is 1. The Bertz CT molecular complexity index is 1120. The molecule has 0 radical (unpaired) electrons. The number of sulfonamides is 1. The number of benzene rings is 2. The first-order valence-corrected chi connectivity index (χ1v) is 12.7. The molecule has 2 aromatic carbocycles. The molecule has 0 spiro atoms. The van der Waals surface area contributed by atoms with Crippen molar-refractivity contribution in [1.29, 1.82) is 0 Å². The van der Waals surface area contributed by atoms with E-state index in [9.17, 15) is 13.2 Å². The summed E-state index contributed by atoms with van der Waals surface area (Å²) >= 11 is 8.26. The number of nitrogens with zero attached hydrogens (tertiary/aromatic N) is 2. The number of hydrogen-bond donors (Lipinski definition) is 2. The predicted molar refractivity (Wildman–Crippen MR) is 122 cm³/mol. The van der Waals surface area contributed by atoms with Crippen molar-refractivity contribution in [2.45, 2.75) is 17.0 Å². The van der Waals surface area contributed by atoms with Crippen molar-refractivity contribution in [3.05, 3.63) is 70.2 Å². The maximum Gasteiger partial charge on any atom is 0.269 e. The molecule has 2 N–H and O–H groups in total. The van der Waals surface area contributed by atoms with Gasteiger partial charge in [-0.05, 0) is 36.8 Å². The lowest BCUT2D eigenvalue weighted by Gasteiger charge is -2.04. The lowest BCUT2D eigenvalue weighted by atomic mass is 10.1. The van der Waals surface area contributed by atoms with Crippen molar-refractivity contribution < 1.29 is 13.2 Å². The molecule has 0 saturated carbocycles. The Kier molecular flexibility index (Phi) is 7.84. The van der Waals surface area contributed by atoms with E-state index in [1.54, 1.807) is 30.0 Å². The van der Waals surface area contributed by atoms with Crippen LogP contribution in [0.5, 0.6) is 0 Å². The topological polar surface area (TPSA) is 101 Å². The van der Waals surface area contributed by atoms with E-state index < -0.39 is 10.0 Å². The van der Waals surface area contributed by atoms with Gasteiger partial charge in [-0.2, -0.15) is 11.8 Å². The van der Waals surface area contributed by atoms with Gasteiger partial charge in [0.2, 0.25) is 9.47 Å². The van der Waals surface area contributed by atoms with Gasteiger partial charge in [-0.15, -0.1) is 10.2 Å². The van der Waals surface area contributed by atoms with E-state index in [1.807, 2.05) is 37.3 Å². The Hall–Kier alpha value is -1.98. The molecule has 0 unspecified atom stereocenters. The fourth-order valence-electron chi connectivity index (χ4n) is 2.41. The third-order valence-corrected chi connectivity index (χ3v) is 7.81. The molecule has 0 bridgehead atoms. The van der Waals surface area contributed by atoms with Gasteiger partial charge in [0.15, 0.2) is 0 Å². The summed E-state index contributed by atoms with van der Waals surface area (Å²) in [6.07, 6.45) is 0. The van der Waals surface area contributed by atoms with Crippen LogP contribution >= 0.6 is 34.7 Å². The monoisotopic (exact) mass is 482 g/mol. The molecule has 0 aliphatic carbocycles. The number of nitrogens with one attached hydrogen (secondary N) is 2. The van der Waals surface area contributed by atoms with E-state index in [2.05, 4.69) is 20.2 Å². The molecule has 0 aliphatic heterocycles. The fourth-order valence-corrected chi connectivity index (χ4v) is 5.45. The molecule has 0 saturated heterocycles. The van der Waals surface area contributed by atoms with Crippen LogP contribution in [0.4, 0.5) is 5.13 Å². The molecule has 7 nitrogen and oxygen atoms in total. The number of carbonyl (C=O) groups is 1. The number of anilines is 1. The van der Waals surface area contributed by atoms with E-state index >= 15 is 0 Å². The van der Waals surface area contributed by atoms with Crippen molar-refractivity contribution >= 4 is 55.8 Å². The van der Waals surface area contributed by atoms with Gasteiger partial charge in [0, 0.05) is 28.6 Å². The standard InChI is InChI=1S/C19H19ClN4O3S3/c1-13-3-2-4-15(11-13)17(25)22-18-23-24-19(29-18)30(26,27)21-9-10-28-12-14-5-7-16(20)8-6-14/h2-8,11,21H,9-10,12H2,1H3,(H,22,23,25). The number of thioether (sulfide) groups is 1. The largest absolute Gasteiger partial charge is 0.296 e. The zero-order chi connectivity index (χ0) is 21.6. The van der Waals surface area contributed by atoms with Gasteiger partial charge >= 0.3 is 0 Å². The lowest BCUT2D eigenvalue weighted by molar-refractivity contribution is 0.102. The van der Waals surface area contributed by atoms with Crippen LogP contribution in [0.3, 0.4) is 0 Å². The minimum Gasteiger partial charge on any atom is -0.296 e. The van der Waals surface area contributed by atoms with Gasteiger partial charge in [0.1, 0.15) is 0 Å². The van der Waals surface area contributed by atoms with Gasteiger partial charge in [-0.25, -0.2) is 13.1 Å². The van der Waals surface area contributed by atoms with Crippen LogP contribution in [0.25, 0.3) is 0 Å². The molecule has 0 aliphatic rings. The lowest BCUT2D eigenvalue weighted by Crippen LogP contribution is -2.26. The van der Waals surface area contributed by atoms with Crippen LogP contribution in [0.2, 0.25) is 5.02 Å². The van der Waals surface area contributed by atoms with Crippen molar-refractivity contribution in [3.8, 4) is 0 Å². The summed E-state index contributed by atoms with van der Waals surface area (Å²) in [6.45, 7) is 2.14. The molecule has 11 heteroatoms. The minimum atomic E-state index is -3.78. The van der Waals surface area contributed by atoms with Crippen LogP contribution in [0.15, 0.2) is 52.9 Å². The zero-order valence-electron chi connectivity index (χ0n) is 16.0. The fraction of sp³-hybridized carbons (Fsp3) is 0.211. The molecule has 1 amide bonds. The van der Waals surface area contributed by atoms with Crippen molar-refractivity contribution in [2.24, 2.45) is 0 Å². The molecular weight excluding hydrogens is 464 g/mol.